The molecule has 1 aliphatic rings. The van der Waals surface area contributed by atoms with Crippen LogP contribution in [0.5, 0.6) is 0 Å². The van der Waals surface area contributed by atoms with E-state index in [0.717, 1.165) is 17.3 Å². The molecule has 1 atom stereocenters. The number of thiazole rings is 1. The van der Waals surface area contributed by atoms with E-state index in [2.05, 4.69) is 31.2 Å². The first-order valence-electron chi connectivity index (χ1n) is 6.54. The molecule has 3 heteroatoms. The van der Waals surface area contributed by atoms with Gasteiger partial charge in [0.15, 0.2) is 0 Å². The van der Waals surface area contributed by atoms with Crippen molar-refractivity contribution in [3.05, 3.63) is 40.4 Å². The minimum Gasteiger partial charge on any atom is -0.326 e. The van der Waals surface area contributed by atoms with Crippen LogP contribution in [0.2, 0.25) is 0 Å². The lowest BCUT2D eigenvalue weighted by atomic mass is 9.93. The number of rotatable bonds is 2. The molecule has 3 rings (SSSR count). The molecule has 0 saturated carbocycles. The molecule has 2 N–H and O–H groups in total. The first-order chi connectivity index (χ1) is 8.76. The van der Waals surface area contributed by atoms with Crippen LogP contribution in [-0.4, -0.2) is 4.98 Å². The Morgan fingerprint density at radius 2 is 2.33 bits per heavy atom. The monoisotopic (exact) mass is 258 g/mol. The minimum absolute atomic E-state index is 0.593. The summed E-state index contributed by atoms with van der Waals surface area (Å²) in [4.78, 5) is 6.30. The van der Waals surface area contributed by atoms with Crippen LogP contribution in [-0.2, 0) is 19.4 Å². The zero-order chi connectivity index (χ0) is 12.5. The van der Waals surface area contributed by atoms with Crippen molar-refractivity contribution in [2.75, 3.05) is 0 Å². The summed E-state index contributed by atoms with van der Waals surface area (Å²) < 4.78 is 0. The Morgan fingerprint density at radius 3 is 3.17 bits per heavy atom. The van der Waals surface area contributed by atoms with Gasteiger partial charge in [-0.25, -0.2) is 4.98 Å². The Balaban J connectivity index is 1.97. The lowest BCUT2D eigenvalue weighted by Crippen LogP contribution is -2.09. The first kappa shape index (κ1) is 11.9. The highest BCUT2D eigenvalue weighted by atomic mass is 32.1. The van der Waals surface area contributed by atoms with E-state index in [4.69, 9.17) is 10.7 Å². The van der Waals surface area contributed by atoms with Crippen LogP contribution < -0.4 is 5.73 Å². The SMILES string of the molecule is CC1CCc2nc(-c3cccc(CN)c3)sc2C1. The number of fused-ring (bicyclic) bond motifs is 1. The van der Waals surface area contributed by atoms with E-state index in [9.17, 15) is 0 Å². The number of hydrogen-bond donors (Lipinski definition) is 1. The zero-order valence-corrected chi connectivity index (χ0v) is 11.5. The van der Waals surface area contributed by atoms with E-state index < -0.39 is 0 Å². The topological polar surface area (TPSA) is 38.9 Å². The molecule has 0 aliphatic heterocycles. The standard InChI is InChI=1S/C15H18N2S/c1-10-5-6-13-14(7-10)18-15(17-13)12-4-2-3-11(8-12)9-16/h2-4,8,10H,5-7,9,16H2,1H3. The largest absolute Gasteiger partial charge is 0.326 e. The molecule has 1 aromatic heterocycles. The molecule has 0 radical (unpaired) electrons. The predicted octanol–water partition coefficient (Wildman–Crippen LogP) is 3.39. The molecule has 1 aliphatic carbocycles. The average Bonchev–Trinajstić information content (AvgIpc) is 2.81. The van der Waals surface area contributed by atoms with Crippen molar-refractivity contribution >= 4 is 11.3 Å². The number of aryl methyl sites for hydroxylation is 1. The summed E-state index contributed by atoms with van der Waals surface area (Å²) in [6, 6.07) is 8.43. The van der Waals surface area contributed by atoms with Crippen LogP contribution in [0.25, 0.3) is 10.6 Å². The van der Waals surface area contributed by atoms with Crippen molar-refractivity contribution in [3.8, 4) is 10.6 Å². The third-order valence-corrected chi connectivity index (χ3v) is 4.76. The van der Waals surface area contributed by atoms with Crippen molar-refractivity contribution < 1.29 is 0 Å². The van der Waals surface area contributed by atoms with Crippen LogP contribution in [0.4, 0.5) is 0 Å². The molecular weight excluding hydrogens is 240 g/mol. The Labute approximate surface area is 112 Å². The number of nitrogens with two attached hydrogens (primary N) is 1. The summed E-state index contributed by atoms with van der Waals surface area (Å²) in [6.45, 7) is 2.92. The quantitative estimate of drug-likeness (QED) is 0.896. The minimum atomic E-state index is 0.593. The van der Waals surface area contributed by atoms with Gasteiger partial charge in [0, 0.05) is 17.0 Å². The van der Waals surface area contributed by atoms with Crippen LogP contribution >= 0.6 is 11.3 Å². The molecule has 0 spiro atoms. The van der Waals surface area contributed by atoms with Gasteiger partial charge in [0.25, 0.3) is 0 Å². The molecular formula is C15H18N2S. The van der Waals surface area contributed by atoms with Gasteiger partial charge in [-0.15, -0.1) is 11.3 Å². The number of aromatic nitrogens is 1. The summed E-state index contributed by atoms with van der Waals surface area (Å²) in [6.07, 6.45) is 3.62. The maximum absolute atomic E-state index is 5.70. The van der Waals surface area contributed by atoms with Crippen LogP contribution in [0.15, 0.2) is 24.3 Å². The summed E-state index contributed by atoms with van der Waals surface area (Å²) in [7, 11) is 0. The Kier molecular flexibility index (Phi) is 3.18. The molecule has 2 aromatic rings. The van der Waals surface area contributed by atoms with Gasteiger partial charge >= 0.3 is 0 Å². The summed E-state index contributed by atoms with van der Waals surface area (Å²) in [5.41, 5.74) is 9.41. The van der Waals surface area contributed by atoms with Crippen molar-refractivity contribution in [2.24, 2.45) is 11.7 Å². The highest BCUT2D eigenvalue weighted by molar-refractivity contribution is 7.15. The highest BCUT2D eigenvalue weighted by Crippen LogP contribution is 2.34. The van der Waals surface area contributed by atoms with Crippen molar-refractivity contribution in [2.45, 2.75) is 32.7 Å². The van der Waals surface area contributed by atoms with E-state index >= 15 is 0 Å². The van der Waals surface area contributed by atoms with E-state index in [0.29, 0.717) is 6.54 Å². The van der Waals surface area contributed by atoms with Gasteiger partial charge in [-0.05, 0) is 36.8 Å². The van der Waals surface area contributed by atoms with Gasteiger partial charge in [-0.1, -0.05) is 25.1 Å². The van der Waals surface area contributed by atoms with Crippen LogP contribution in [0.1, 0.15) is 29.5 Å². The molecule has 1 heterocycles. The third kappa shape index (κ3) is 2.20. The molecule has 2 nitrogen and oxygen atoms in total. The summed E-state index contributed by atoms with van der Waals surface area (Å²) in [5, 5.41) is 1.16. The van der Waals surface area contributed by atoms with Gasteiger partial charge in [0.2, 0.25) is 0 Å². The van der Waals surface area contributed by atoms with Gasteiger partial charge in [-0.3, -0.25) is 0 Å². The molecule has 1 unspecified atom stereocenters. The fraction of sp³-hybridized carbons (Fsp3) is 0.400. The fourth-order valence-electron chi connectivity index (χ4n) is 2.49. The molecule has 0 saturated heterocycles. The van der Waals surface area contributed by atoms with Crippen LogP contribution in [0.3, 0.4) is 0 Å². The van der Waals surface area contributed by atoms with Gasteiger partial charge in [0.05, 0.1) is 5.69 Å². The Morgan fingerprint density at radius 1 is 1.44 bits per heavy atom. The first-order valence-corrected chi connectivity index (χ1v) is 7.36. The molecule has 1 aromatic carbocycles. The van der Waals surface area contributed by atoms with E-state index in [1.807, 2.05) is 11.3 Å². The highest BCUT2D eigenvalue weighted by Gasteiger charge is 2.20. The van der Waals surface area contributed by atoms with Crippen molar-refractivity contribution in [3.63, 3.8) is 0 Å². The molecule has 0 amide bonds. The molecule has 0 fully saturated rings. The van der Waals surface area contributed by atoms with Gasteiger partial charge in [-0.2, -0.15) is 0 Å². The Bertz CT molecular complexity index is 559. The van der Waals surface area contributed by atoms with E-state index in [1.165, 1.54) is 34.5 Å². The second-order valence-electron chi connectivity index (χ2n) is 5.14. The van der Waals surface area contributed by atoms with Gasteiger partial charge in [0.1, 0.15) is 5.01 Å². The lowest BCUT2D eigenvalue weighted by molar-refractivity contribution is 0.502. The third-order valence-electron chi connectivity index (χ3n) is 3.60. The molecule has 94 valence electrons. The van der Waals surface area contributed by atoms with Crippen molar-refractivity contribution in [1.82, 2.24) is 4.98 Å². The average molecular weight is 258 g/mol. The second-order valence-corrected chi connectivity index (χ2v) is 6.22. The number of hydrogen-bond acceptors (Lipinski definition) is 3. The summed E-state index contributed by atoms with van der Waals surface area (Å²) in [5.74, 6) is 0.807. The maximum Gasteiger partial charge on any atom is 0.123 e. The number of nitrogens with zero attached hydrogens (tertiary/aromatic N) is 1. The predicted molar refractivity (Wildman–Crippen MR) is 76.6 cm³/mol. The molecule has 18 heavy (non-hydrogen) atoms. The molecule has 0 bridgehead atoms. The normalized spacial score (nSPS) is 18.7. The smallest absolute Gasteiger partial charge is 0.123 e. The second kappa shape index (κ2) is 4.82. The van der Waals surface area contributed by atoms with E-state index in [-0.39, 0.29) is 0 Å². The lowest BCUT2D eigenvalue weighted by Gasteiger charge is -2.15. The number of benzene rings is 1. The van der Waals surface area contributed by atoms with Gasteiger partial charge < -0.3 is 5.73 Å². The maximum atomic E-state index is 5.70. The van der Waals surface area contributed by atoms with E-state index in [1.54, 1.807) is 0 Å². The fourth-order valence-corrected chi connectivity index (χ4v) is 3.76. The van der Waals surface area contributed by atoms with Crippen LogP contribution in [0, 0.1) is 5.92 Å². The Hall–Kier alpha value is -1.19. The summed E-state index contributed by atoms with van der Waals surface area (Å²) >= 11 is 1.86. The zero-order valence-electron chi connectivity index (χ0n) is 10.6. The van der Waals surface area contributed by atoms with Crippen molar-refractivity contribution in [1.29, 1.82) is 0 Å².